The summed E-state index contributed by atoms with van der Waals surface area (Å²) in [5.41, 5.74) is 0. The van der Waals surface area contributed by atoms with Gasteiger partial charge < -0.3 is 0 Å². The van der Waals surface area contributed by atoms with Gasteiger partial charge in [0, 0.05) is 11.8 Å². The van der Waals surface area contributed by atoms with Crippen LogP contribution < -0.4 is 0 Å². The molecule has 0 saturated carbocycles. The maximum atomic E-state index is 5.34. The molecular weight excluding hydrogens is 135 g/mol. The van der Waals surface area contributed by atoms with E-state index in [1.54, 1.807) is 0 Å². The summed E-state index contributed by atoms with van der Waals surface area (Å²) in [5.74, 6) is 0. The number of rotatable bonds is 0. The molecule has 0 bridgehead atoms. The Morgan fingerprint density at radius 1 is 1.86 bits per heavy atom. The lowest BCUT2D eigenvalue weighted by Crippen LogP contribution is -1.74. The second-order valence-corrected chi connectivity index (χ2v) is 1.69. The maximum Gasteiger partial charge on any atom is 0.127 e. The summed E-state index contributed by atoms with van der Waals surface area (Å²) in [7, 11) is 0. The van der Waals surface area contributed by atoms with Gasteiger partial charge in [-0.15, -0.1) is 0 Å². The number of halogens is 2. The van der Waals surface area contributed by atoms with Crippen LogP contribution in [0.4, 0.5) is 0 Å². The first kappa shape index (κ1) is 4.94. The average Bonchev–Trinajstić information content (AvgIpc) is 1.87. The quantitative estimate of drug-likeness (QED) is 0.526. The van der Waals surface area contributed by atoms with Crippen LogP contribution in [0.3, 0.4) is 0 Å². The minimum absolute atomic E-state index is 0.426. The average molecular weight is 136 g/mol. The summed E-state index contributed by atoms with van der Waals surface area (Å²) in [6, 6.07) is 0. The van der Waals surface area contributed by atoms with Crippen LogP contribution in [0.1, 0.15) is 0 Å². The standard InChI is InChI=1S/C3HCl2N2/c4-3-1-6-7(5)2-3/h1H. The Balaban J connectivity index is 3.04. The Morgan fingerprint density at radius 2 is 2.57 bits per heavy atom. The fourth-order valence-corrected chi connectivity index (χ4v) is 0.549. The highest BCUT2D eigenvalue weighted by atomic mass is 35.5. The lowest BCUT2D eigenvalue weighted by Gasteiger charge is -1.71. The van der Waals surface area contributed by atoms with E-state index >= 15 is 0 Å². The molecule has 37 valence electrons. The van der Waals surface area contributed by atoms with Gasteiger partial charge in [0.25, 0.3) is 0 Å². The molecule has 0 aliphatic carbocycles. The molecule has 0 amide bonds. The summed E-state index contributed by atoms with van der Waals surface area (Å²) in [5, 5.41) is 3.94. The smallest absolute Gasteiger partial charge is 0.127 e. The van der Waals surface area contributed by atoms with Crippen LogP contribution in [-0.4, -0.2) is 9.30 Å². The third-order valence-corrected chi connectivity index (χ3v) is 0.825. The molecule has 1 aromatic heterocycles. The molecule has 0 saturated heterocycles. The number of hydrogen-bond donors (Lipinski definition) is 0. The number of nitrogens with zero attached hydrogens (tertiary/aromatic N) is 2. The third kappa shape index (κ3) is 1.08. The first-order chi connectivity index (χ1) is 3.29. The highest BCUT2D eigenvalue weighted by Crippen LogP contribution is 2.03. The van der Waals surface area contributed by atoms with Crippen LogP contribution in [0.2, 0.25) is 5.02 Å². The summed E-state index contributed by atoms with van der Waals surface area (Å²) < 4.78 is 1.00. The van der Waals surface area contributed by atoms with Gasteiger partial charge in [0.2, 0.25) is 0 Å². The second-order valence-electron chi connectivity index (χ2n) is 0.964. The normalized spacial score (nSPS) is 9.43. The SMILES string of the molecule is Clc1[c]n(Cl)nc1. The Kier molecular flexibility index (Phi) is 1.21. The Bertz CT molecular complexity index is 143. The van der Waals surface area contributed by atoms with Crippen molar-refractivity contribution >= 4 is 23.4 Å². The van der Waals surface area contributed by atoms with E-state index in [0.717, 1.165) is 4.20 Å². The van der Waals surface area contributed by atoms with Crippen molar-refractivity contribution in [2.45, 2.75) is 0 Å². The van der Waals surface area contributed by atoms with Crippen molar-refractivity contribution in [1.29, 1.82) is 0 Å². The molecule has 0 spiro atoms. The predicted molar refractivity (Wildman–Crippen MR) is 27.3 cm³/mol. The first-order valence-corrected chi connectivity index (χ1v) is 2.29. The zero-order chi connectivity index (χ0) is 5.28. The van der Waals surface area contributed by atoms with Gasteiger partial charge in [-0.25, -0.2) is 0 Å². The van der Waals surface area contributed by atoms with E-state index in [-0.39, 0.29) is 0 Å². The van der Waals surface area contributed by atoms with Gasteiger partial charge in [0.05, 0.1) is 11.2 Å². The summed E-state index contributed by atoms with van der Waals surface area (Å²) in [6.45, 7) is 0. The molecule has 0 atom stereocenters. The van der Waals surface area contributed by atoms with E-state index in [2.05, 4.69) is 11.3 Å². The molecule has 1 radical (unpaired) electrons. The Labute approximate surface area is 50.8 Å². The second kappa shape index (κ2) is 1.72. The van der Waals surface area contributed by atoms with Gasteiger partial charge >= 0.3 is 0 Å². The summed E-state index contributed by atoms with van der Waals surface area (Å²) >= 11 is 10.6. The van der Waals surface area contributed by atoms with Crippen molar-refractivity contribution < 1.29 is 0 Å². The van der Waals surface area contributed by atoms with Gasteiger partial charge in [-0.05, 0) is 0 Å². The highest BCUT2D eigenvalue weighted by Gasteiger charge is 1.88. The fourth-order valence-electron chi connectivity index (χ4n) is 0.247. The molecular formula is C3HCl2N2. The van der Waals surface area contributed by atoms with Gasteiger partial charge in [0.1, 0.15) is 6.20 Å². The largest absolute Gasteiger partial charge is 0.169 e. The topological polar surface area (TPSA) is 17.8 Å². The van der Waals surface area contributed by atoms with E-state index < -0.39 is 0 Å². The van der Waals surface area contributed by atoms with Crippen LogP contribution in [0, 0.1) is 6.20 Å². The molecule has 7 heavy (non-hydrogen) atoms. The Hall–Kier alpha value is -0.210. The van der Waals surface area contributed by atoms with Crippen LogP contribution in [-0.2, 0) is 0 Å². The number of hydrogen-bond acceptors (Lipinski definition) is 1. The van der Waals surface area contributed by atoms with E-state index in [4.69, 9.17) is 23.4 Å². The lowest BCUT2D eigenvalue weighted by molar-refractivity contribution is 0.987. The summed E-state index contributed by atoms with van der Waals surface area (Å²) in [6.07, 6.45) is 3.89. The lowest BCUT2D eigenvalue weighted by atomic mass is 10.8. The molecule has 0 fully saturated rings. The third-order valence-electron chi connectivity index (χ3n) is 0.472. The van der Waals surface area contributed by atoms with Crippen molar-refractivity contribution in [1.82, 2.24) is 9.30 Å². The molecule has 2 nitrogen and oxygen atoms in total. The minimum Gasteiger partial charge on any atom is -0.169 e. The molecule has 1 rings (SSSR count). The van der Waals surface area contributed by atoms with Gasteiger partial charge in [-0.2, -0.15) is 9.30 Å². The monoisotopic (exact) mass is 135 g/mol. The fraction of sp³-hybridized carbons (Fsp3) is 0. The van der Waals surface area contributed by atoms with Crippen molar-refractivity contribution in [3.63, 3.8) is 0 Å². The molecule has 0 aliphatic heterocycles. The minimum atomic E-state index is 0.426. The molecule has 1 heterocycles. The van der Waals surface area contributed by atoms with Crippen LogP contribution in [0.5, 0.6) is 0 Å². The first-order valence-electron chi connectivity index (χ1n) is 1.58. The molecule has 4 heteroatoms. The zero-order valence-electron chi connectivity index (χ0n) is 3.23. The van der Waals surface area contributed by atoms with Crippen LogP contribution >= 0.6 is 23.4 Å². The van der Waals surface area contributed by atoms with E-state index in [1.807, 2.05) is 0 Å². The van der Waals surface area contributed by atoms with Crippen molar-refractivity contribution in [3.8, 4) is 0 Å². The molecule has 0 N–H and O–H groups in total. The van der Waals surface area contributed by atoms with E-state index in [9.17, 15) is 0 Å². The van der Waals surface area contributed by atoms with Crippen LogP contribution in [0.25, 0.3) is 0 Å². The zero-order valence-corrected chi connectivity index (χ0v) is 4.74. The highest BCUT2D eigenvalue weighted by molar-refractivity contribution is 6.30. The molecule has 1 aromatic rings. The van der Waals surface area contributed by atoms with Crippen LogP contribution in [0.15, 0.2) is 6.20 Å². The predicted octanol–water partition coefficient (Wildman–Crippen LogP) is 1.34. The van der Waals surface area contributed by atoms with Crippen molar-refractivity contribution in [2.24, 2.45) is 0 Å². The van der Waals surface area contributed by atoms with Gasteiger partial charge in [0.15, 0.2) is 0 Å². The van der Waals surface area contributed by atoms with E-state index in [0.29, 0.717) is 5.02 Å². The molecule has 0 aromatic carbocycles. The maximum absolute atomic E-state index is 5.34. The molecule has 0 aliphatic rings. The van der Waals surface area contributed by atoms with Gasteiger partial charge in [-0.3, -0.25) is 0 Å². The number of aromatic nitrogens is 2. The Morgan fingerprint density at radius 3 is 2.71 bits per heavy atom. The van der Waals surface area contributed by atoms with Crippen molar-refractivity contribution in [3.05, 3.63) is 17.4 Å². The van der Waals surface area contributed by atoms with Crippen molar-refractivity contribution in [2.75, 3.05) is 0 Å². The van der Waals surface area contributed by atoms with Gasteiger partial charge in [-0.1, -0.05) is 11.6 Å². The molecule has 0 unspecified atom stereocenters. The summed E-state index contributed by atoms with van der Waals surface area (Å²) in [4.78, 5) is 0. The van der Waals surface area contributed by atoms with E-state index in [1.165, 1.54) is 6.20 Å².